The lowest BCUT2D eigenvalue weighted by molar-refractivity contribution is -0.184. The first-order valence-electron chi connectivity index (χ1n) is 6.04. The van der Waals surface area contributed by atoms with Crippen molar-refractivity contribution in [3.05, 3.63) is 35.9 Å². The van der Waals surface area contributed by atoms with Gasteiger partial charge in [0.05, 0.1) is 12.5 Å². The molecule has 1 aromatic carbocycles. The van der Waals surface area contributed by atoms with Gasteiger partial charge in [-0.25, -0.2) is 9.59 Å². The third kappa shape index (κ3) is 2.85. The first-order chi connectivity index (χ1) is 9.35. The summed E-state index contributed by atoms with van der Waals surface area (Å²) in [6, 6.07) is 7.78. The second-order valence-corrected chi connectivity index (χ2v) is 4.25. The molecular formula is C14H16O6. The van der Waals surface area contributed by atoms with Crippen LogP contribution in [-0.4, -0.2) is 40.1 Å². The fraction of sp³-hybridized carbons (Fsp3) is 0.357. The van der Waals surface area contributed by atoms with E-state index in [2.05, 4.69) is 4.74 Å². The van der Waals surface area contributed by atoms with Gasteiger partial charge in [-0.2, -0.15) is 0 Å². The van der Waals surface area contributed by atoms with Crippen molar-refractivity contribution in [1.82, 2.24) is 0 Å². The zero-order valence-electron chi connectivity index (χ0n) is 11.2. The van der Waals surface area contributed by atoms with E-state index >= 15 is 0 Å². The maximum Gasteiger partial charge on any atom is 0.351 e. The number of ether oxygens (including phenoxy) is 1. The van der Waals surface area contributed by atoms with E-state index in [1.807, 2.05) is 0 Å². The van der Waals surface area contributed by atoms with E-state index in [0.29, 0.717) is 0 Å². The molecule has 2 N–H and O–H groups in total. The highest BCUT2D eigenvalue weighted by atomic mass is 16.6. The average Bonchev–Trinajstić information content (AvgIpc) is 2.39. The molecular weight excluding hydrogens is 264 g/mol. The number of Topliss-reactive ketones (excluding diaryl/α,β-unsaturated/α-hetero) is 1. The Kier molecular flexibility index (Phi) is 4.99. The highest BCUT2D eigenvalue weighted by molar-refractivity contribution is 6.09. The summed E-state index contributed by atoms with van der Waals surface area (Å²) in [5.41, 5.74) is -2.71. The fourth-order valence-electron chi connectivity index (χ4n) is 1.99. The molecule has 20 heavy (non-hydrogen) atoms. The van der Waals surface area contributed by atoms with Crippen molar-refractivity contribution >= 4 is 17.7 Å². The van der Waals surface area contributed by atoms with Crippen molar-refractivity contribution in [2.45, 2.75) is 25.4 Å². The minimum Gasteiger partial charge on any atom is -0.479 e. The molecule has 0 radical (unpaired) electrons. The molecule has 2 atom stereocenters. The summed E-state index contributed by atoms with van der Waals surface area (Å²) in [4.78, 5) is 34.9. The van der Waals surface area contributed by atoms with Crippen LogP contribution in [-0.2, 0) is 19.1 Å². The van der Waals surface area contributed by atoms with Gasteiger partial charge < -0.3 is 14.9 Å². The van der Waals surface area contributed by atoms with Crippen LogP contribution in [0.1, 0.15) is 25.3 Å². The third-order valence-corrected chi connectivity index (χ3v) is 2.87. The Morgan fingerprint density at radius 1 is 1.25 bits per heavy atom. The Hall–Kier alpha value is -2.21. The van der Waals surface area contributed by atoms with Gasteiger partial charge in [0.2, 0.25) is 0 Å². The molecule has 0 aliphatic heterocycles. The van der Waals surface area contributed by atoms with E-state index < -0.39 is 29.2 Å². The number of benzene rings is 1. The number of hydrogen-bond donors (Lipinski definition) is 2. The van der Waals surface area contributed by atoms with Crippen LogP contribution >= 0.6 is 0 Å². The molecule has 0 saturated heterocycles. The topological polar surface area (TPSA) is 101 Å². The molecule has 0 amide bonds. The number of carbonyl (C=O) groups is 3. The van der Waals surface area contributed by atoms with E-state index in [1.54, 1.807) is 18.2 Å². The minimum absolute atomic E-state index is 0.103. The first-order valence-corrected chi connectivity index (χ1v) is 6.04. The highest BCUT2D eigenvalue weighted by Crippen LogP contribution is 2.31. The average molecular weight is 280 g/mol. The predicted molar refractivity (Wildman–Crippen MR) is 69.1 cm³/mol. The maximum atomic E-state index is 11.8. The van der Waals surface area contributed by atoms with E-state index in [9.17, 15) is 24.6 Å². The molecule has 0 aliphatic carbocycles. The summed E-state index contributed by atoms with van der Waals surface area (Å²) < 4.78 is 4.60. The van der Waals surface area contributed by atoms with Gasteiger partial charge in [0.1, 0.15) is 5.78 Å². The smallest absolute Gasteiger partial charge is 0.351 e. The Morgan fingerprint density at radius 2 is 1.80 bits per heavy atom. The Labute approximate surface area is 116 Å². The number of aliphatic hydroxyl groups is 1. The van der Waals surface area contributed by atoms with E-state index in [1.165, 1.54) is 19.1 Å². The SMILES string of the molecule is CCOC(=O)C(O)(C(=O)O)C(C(C)=O)c1ccccc1. The number of carboxylic acid groups (broad SMARTS) is 1. The highest BCUT2D eigenvalue weighted by Gasteiger charge is 2.55. The molecule has 0 fully saturated rings. The lowest BCUT2D eigenvalue weighted by atomic mass is 9.79. The standard InChI is InChI=1S/C14H16O6/c1-3-20-13(18)14(19,12(16)17)11(9(2)15)10-7-5-4-6-8-10/h4-8,11,19H,3H2,1-2H3,(H,16,17). The normalized spacial score (nSPS) is 14.9. The number of rotatable bonds is 6. The quantitative estimate of drug-likeness (QED) is 0.588. The van der Waals surface area contributed by atoms with Crippen LogP contribution < -0.4 is 0 Å². The second-order valence-electron chi connectivity index (χ2n) is 4.25. The Balaban J connectivity index is 3.38. The molecule has 6 nitrogen and oxygen atoms in total. The number of hydrogen-bond acceptors (Lipinski definition) is 5. The number of ketones is 1. The van der Waals surface area contributed by atoms with E-state index in [4.69, 9.17) is 0 Å². The van der Waals surface area contributed by atoms with Gasteiger partial charge in [-0.05, 0) is 19.4 Å². The first kappa shape index (κ1) is 15.8. The van der Waals surface area contributed by atoms with Crippen molar-refractivity contribution in [2.24, 2.45) is 0 Å². The van der Waals surface area contributed by atoms with Crippen molar-refractivity contribution in [3.63, 3.8) is 0 Å². The van der Waals surface area contributed by atoms with Gasteiger partial charge in [0.25, 0.3) is 5.60 Å². The maximum absolute atomic E-state index is 11.8. The molecule has 0 aromatic heterocycles. The van der Waals surface area contributed by atoms with Crippen LogP contribution in [0.5, 0.6) is 0 Å². The molecule has 0 heterocycles. The number of esters is 1. The van der Waals surface area contributed by atoms with Crippen LogP contribution in [0.4, 0.5) is 0 Å². The van der Waals surface area contributed by atoms with Crippen LogP contribution in [0.15, 0.2) is 30.3 Å². The summed E-state index contributed by atoms with van der Waals surface area (Å²) in [7, 11) is 0. The van der Waals surface area contributed by atoms with Crippen LogP contribution in [0, 0.1) is 0 Å². The molecule has 1 rings (SSSR count). The summed E-state index contributed by atoms with van der Waals surface area (Å²) in [6.45, 7) is 2.49. The number of aliphatic carboxylic acids is 1. The van der Waals surface area contributed by atoms with Gasteiger partial charge in [-0.15, -0.1) is 0 Å². The van der Waals surface area contributed by atoms with Crippen molar-refractivity contribution in [3.8, 4) is 0 Å². The molecule has 0 spiro atoms. The Bertz CT molecular complexity index is 510. The van der Waals surface area contributed by atoms with Gasteiger partial charge >= 0.3 is 11.9 Å². The Morgan fingerprint density at radius 3 is 2.20 bits per heavy atom. The van der Waals surface area contributed by atoms with Crippen LogP contribution in [0.25, 0.3) is 0 Å². The summed E-state index contributed by atoms with van der Waals surface area (Å²) in [6.07, 6.45) is 0. The fourth-order valence-corrected chi connectivity index (χ4v) is 1.99. The second kappa shape index (κ2) is 6.29. The molecule has 1 aromatic rings. The van der Waals surface area contributed by atoms with E-state index in [0.717, 1.165) is 6.92 Å². The molecule has 108 valence electrons. The third-order valence-electron chi connectivity index (χ3n) is 2.87. The van der Waals surface area contributed by atoms with Gasteiger partial charge in [0.15, 0.2) is 0 Å². The summed E-state index contributed by atoms with van der Waals surface area (Å²) in [5, 5.41) is 19.5. The monoisotopic (exact) mass is 280 g/mol. The van der Waals surface area contributed by atoms with Gasteiger partial charge in [-0.1, -0.05) is 30.3 Å². The summed E-state index contributed by atoms with van der Waals surface area (Å²) >= 11 is 0. The van der Waals surface area contributed by atoms with Crippen molar-refractivity contribution in [1.29, 1.82) is 0 Å². The largest absolute Gasteiger partial charge is 0.479 e. The summed E-state index contributed by atoms with van der Waals surface area (Å²) in [5.74, 6) is -5.34. The minimum atomic E-state index is -2.94. The zero-order chi connectivity index (χ0) is 15.3. The molecule has 0 saturated carbocycles. The van der Waals surface area contributed by atoms with Gasteiger partial charge in [0, 0.05) is 0 Å². The van der Waals surface area contributed by atoms with Crippen molar-refractivity contribution < 1.29 is 29.3 Å². The van der Waals surface area contributed by atoms with Crippen LogP contribution in [0.2, 0.25) is 0 Å². The lowest BCUT2D eigenvalue weighted by Crippen LogP contribution is -2.54. The van der Waals surface area contributed by atoms with Gasteiger partial charge in [-0.3, -0.25) is 4.79 Å². The van der Waals surface area contributed by atoms with Crippen LogP contribution in [0.3, 0.4) is 0 Å². The number of carboxylic acids is 1. The molecule has 6 heteroatoms. The van der Waals surface area contributed by atoms with E-state index in [-0.39, 0.29) is 12.2 Å². The lowest BCUT2D eigenvalue weighted by Gasteiger charge is -2.28. The molecule has 0 aliphatic rings. The molecule has 0 bridgehead atoms. The number of carbonyl (C=O) groups excluding carboxylic acids is 2. The zero-order valence-corrected chi connectivity index (χ0v) is 11.2. The van der Waals surface area contributed by atoms with Crippen molar-refractivity contribution in [2.75, 3.05) is 6.61 Å². The predicted octanol–water partition coefficient (Wildman–Crippen LogP) is 0.738. The molecule has 2 unspecified atom stereocenters.